The summed E-state index contributed by atoms with van der Waals surface area (Å²) in [6.45, 7) is 12.8. The van der Waals surface area contributed by atoms with E-state index in [0.29, 0.717) is 0 Å². The molecule has 0 aromatic carbocycles. The van der Waals surface area contributed by atoms with Crippen molar-refractivity contribution >= 4 is 6.09 Å². The molecule has 0 radical (unpaired) electrons. The van der Waals surface area contributed by atoms with Gasteiger partial charge >= 0.3 is 6.09 Å². The number of likely N-dealkylation sites (tertiary alicyclic amines) is 1. The molecule has 18 heavy (non-hydrogen) atoms. The van der Waals surface area contributed by atoms with Gasteiger partial charge in [-0.15, -0.1) is 0 Å². The molecule has 0 aliphatic carbocycles. The van der Waals surface area contributed by atoms with E-state index in [2.05, 4.69) is 20.8 Å². The molecule has 0 aromatic rings. The third kappa shape index (κ3) is 3.87. The van der Waals surface area contributed by atoms with Crippen molar-refractivity contribution in [1.29, 1.82) is 0 Å². The Balaban J connectivity index is 2.74. The molecule has 0 bridgehead atoms. The molecule has 1 aliphatic heterocycles. The number of carbonyl (C=O) groups excluding carboxylic acids is 1. The summed E-state index contributed by atoms with van der Waals surface area (Å²) in [6.07, 6.45) is 1.75. The maximum atomic E-state index is 12.2. The molecule has 2 atom stereocenters. The lowest BCUT2D eigenvalue weighted by atomic mass is 9.82. The van der Waals surface area contributed by atoms with E-state index in [1.807, 2.05) is 20.8 Å². The zero-order chi connectivity index (χ0) is 14.1. The molecule has 2 N–H and O–H groups in total. The van der Waals surface area contributed by atoms with Gasteiger partial charge in [0.2, 0.25) is 0 Å². The molecule has 1 rings (SSSR count). The van der Waals surface area contributed by atoms with E-state index < -0.39 is 5.60 Å². The van der Waals surface area contributed by atoms with Crippen molar-refractivity contribution < 1.29 is 9.53 Å². The maximum absolute atomic E-state index is 12.2. The molecule has 0 aromatic heterocycles. The van der Waals surface area contributed by atoms with Gasteiger partial charge in [-0.25, -0.2) is 4.79 Å². The van der Waals surface area contributed by atoms with Crippen molar-refractivity contribution in [3.05, 3.63) is 0 Å². The molecule has 0 spiro atoms. The summed E-state index contributed by atoms with van der Waals surface area (Å²) >= 11 is 0. The number of nitrogens with two attached hydrogens (primary N) is 1. The number of ether oxygens (including phenoxy) is 1. The monoisotopic (exact) mass is 256 g/mol. The van der Waals surface area contributed by atoms with Gasteiger partial charge in [-0.2, -0.15) is 0 Å². The summed E-state index contributed by atoms with van der Waals surface area (Å²) < 4.78 is 5.45. The average molecular weight is 256 g/mol. The lowest BCUT2D eigenvalue weighted by Crippen LogP contribution is -2.53. The van der Waals surface area contributed by atoms with Crippen LogP contribution in [-0.4, -0.2) is 35.2 Å². The van der Waals surface area contributed by atoms with Crippen molar-refractivity contribution in [2.24, 2.45) is 11.1 Å². The van der Waals surface area contributed by atoms with Crippen molar-refractivity contribution in [1.82, 2.24) is 4.90 Å². The van der Waals surface area contributed by atoms with Gasteiger partial charge in [-0.05, 0) is 39.0 Å². The van der Waals surface area contributed by atoms with Gasteiger partial charge < -0.3 is 15.4 Å². The Labute approximate surface area is 111 Å². The number of hydrogen-bond donors (Lipinski definition) is 1. The number of rotatable bonds is 1. The van der Waals surface area contributed by atoms with E-state index in [9.17, 15) is 4.79 Å². The summed E-state index contributed by atoms with van der Waals surface area (Å²) in [6, 6.07) is 0.0763. The fourth-order valence-electron chi connectivity index (χ4n) is 2.29. The third-order valence-electron chi connectivity index (χ3n) is 3.34. The molecule has 2 unspecified atom stereocenters. The molecule has 4 heteroatoms. The second-order valence-electron chi connectivity index (χ2n) is 7.28. The normalized spacial score (nSPS) is 23.1. The van der Waals surface area contributed by atoms with Gasteiger partial charge in [0.05, 0.1) is 6.04 Å². The van der Waals surface area contributed by atoms with E-state index >= 15 is 0 Å². The predicted molar refractivity (Wildman–Crippen MR) is 73.4 cm³/mol. The van der Waals surface area contributed by atoms with Crippen LogP contribution in [0.2, 0.25) is 0 Å². The largest absolute Gasteiger partial charge is 0.444 e. The maximum Gasteiger partial charge on any atom is 0.410 e. The quantitative estimate of drug-likeness (QED) is 0.785. The number of nitrogens with zero attached hydrogens (tertiary/aromatic N) is 1. The van der Waals surface area contributed by atoms with Crippen LogP contribution in [0.3, 0.4) is 0 Å². The first-order valence-electron chi connectivity index (χ1n) is 6.77. The fraction of sp³-hybridized carbons (Fsp3) is 0.929. The summed E-state index contributed by atoms with van der Waals surface area (Å²) in [4.78, 5) is 14.0. The van der Waals surface area contributed by atoms with Gasteiger partial charge in [-0.3, -0.25) is 0 Å². The molecule has 1 heterocycles. The Morgan fingerprint density at radius 2 is 1.83 bits per heavy atom. The lowest BCUT2D eigenvalue weighted by Gasteiger charge is -2.37. The average Bonchev–Trinajstić information content (AvgIpc) is 2.60. The molecule has 106 valence electrons. The highest BCUT2D eigenvalue weighted by molar-refractivity contribution is 5.69. The van der Waals surface area contributed by atoms with E-state index in [4.69, 9.17) is 10.5 Å². The Hall–Kier alpha value is -0.770. The number of hydrogen-bond acceptors (Lipinski definition) is 3. The Morgan fingerprint density at radius 1 is 1.28 bits per heavy atom. The van der Waals surface area contributed by atoms with Gasteiger partial charge in [0.1, 0.15) is 5.60 Å². The van der Waals surface area contributed by atoms with E-state index in [1.54, 1.807) is 4.90 Å². The molecule has 1 saturated heterocycles. The Bertz CT molecular complexity index is 302. The fourth-order valence-corrected chi connectivity index (χ4v) is 2.29. The number of carbonyl (C=O) groups is 1. The van der Waals surface area contributed by atoms with Crippen LogP contribution in [0.1, 0.15) is 54.4 Å². The molecule has 4 nitrogen and oxygen atoms in total. The van der Waals surface area contributed by atoms with E-state index in [0.717, 1.165) is 19.4 Å². The minimum absolute atomic E-state index is 0.00469. The Kier molecular flexibility index (Phi) is 4.31. The number of amides is 1. The highest BCUT2D eigenvalue weighted by atomic mass is 16.6. The summed E-state index contributed by atoms with van der Waals surface area (Å²) in [7, 11) is 0. The molecular formula is C14H28N2O2. The summed E-state index contributed by atoms with van der Waals surface area (Å²) in [5.74, 6) is 0. The second kappa shape index (κ2) is 5.08. The first-order valence-corrected chi connectivity index (χ1v) is 6.77. The smallest absolute Gasteiger partial charge is 0.410 e. The van der Waals surface area contributed by atoms with Gasteiger partial charge in [-0.1, -0.05) is 20.8 Å². The van der Waals surface area contributed by atoms with E-state index in [1.165, 1.54) is 0 Å². The third-order valence-corrected chi connectivity index (χ3v) is 3.34. The highest BCUT2D eigenvalue weighted by Crippen LogP contribution is 2.30. The van der Waals surface area contributed by atoms with Crippen molar-refractivity contribution in [2.45, 2.75) is 72.1 Å². The van der Waals surface area contributed by atoms with Crippen LogP contribution < -0.4 is 5.73 Å². The van der Waals surface area contributed by atoms with Crippen LogP contribution >= 0.6 is 0 Å². The molecule has 0 saturated carbocycles. The molecular weight excluding hydrogens is 228 g/mol. The first-order chi connectivity index (χ1) is 8.02. The van der Waals surface area contributed by atoms with Crippen LogP contribution in [0.4, 0.5) is 4.79 Å². The minimum Gasteiger partial charge on any atom is -0.444 e. The molecule has 1 fully saturated rings. The zero-order valence-electron chi connectivity index (χ0n) is 12.6. The SMILES string of the molecule is CC(C)(C)OC(=O)N1CCCC1C(N)C(C)(C)C. The van der Waals surface area contributed by atoms with Crippen molar-refractivity contribution in [3.63, 3.8) is 0 Å². The van der Waals surface area contributed by atoms with Gasteiger partial charge in [0, 0.05) is 12.6 Å². The van der Waals surface area contributed by atoms with Crippen molar-refractivity contribution in [2.75, 3.05) is 6.54 Å². The summed E-state index contributed by atoms with van der Waals surface area (Å²) in [5.41, 5.74) is 5.85. The van der Waals surface area contributed by atoms with Crippen LogP contribution in [0.5, 0.6) is 0 Å². The van der Waals surface area contributed by atoms with Crippen LogP contribution in [0, 0.1) is 5.41 Å². The second-order valence-corrected chi connectivity index (χ2v) is 7.28. The van der Waals surface area contributed by atoms with Crippen LogP contribution in [-0.2, 0) is 4.74 Å². The topological polar surface area (TPSA) is 55.6 Å². The van der Waals surface area contributed by atoms with E-state index in [-0.39, 0.29) is 23.6 Å². The first kappa shape index (κ1) is 15.3. The lowest BCUT2D eigenvalue weighted by molar-refractivity contribution is 0.0171. The summed E-state index contributed by atoms with van der Waals surface area (Å²) in [5, 5.41) is 0. The highest BCUT2D eigenvalue weighted by Gasteiger charge is 2.39. The zero-order valence-corrected chi connectivity index (χ0v) is 12.6. The molecule has 1 aliphatic rings. The van der Waals surface area contributed by atoms with Gasteiger partial charge in [0.25, 0.3) is 0 Å². The van der Waals surface area contributed by atoms with Crippen molar-refractivity contribution in [3.8, 4) is 0 Å². The van der Waals surface area contributed by atoms with Gasteiger partial charge in [0.15, 0.2) is 0 Å². The predicted octanol–water partition coefficient (Wildman–Crippen LogP) is 2.76. The molecule has 1 amide bonds. The Morgan fingerprint density at radius 3 is 2.28 bits per heavy atom. The standard InChI is InChI=1S/C14H28N2O2/c1-13(2,3)11(15)10-8-7-9-16(10)12(17)18-14(4,5)6/h10-11H,7-9,15H2,1-6H3. The van der Waals surface area contributed by atoms with Crippen LogP contribution in [0.25, 0.3) is 0 Å². The van der Waals surface area contributed by atoms with Crippen LogP contribution in [0.15, 0.2) is 0 Å². The minimum atomic E-state index is -0.448.